The Bertz CT molecular complexity index is 293. The summed E-state index contributed by atoms with van der Waals surface area (Å²) in [6.45, 7) is 6.96. The molecule has 0 aromatic rings. The monoisotopic (exact) mass is 288 g/mol. The van der Waals surface area contributed by atoms with Gasteiger partial charge >= 0.3 is 12.0 Å². The van der Waals surface area contributed by atoms with Crippen molar-refractivity contribution in [3.63, 3.8) is 0 Å². The minimum atomic E-state index is -0.845. The fourth-order valence-corrected chi connectivity index (χ4v) is 2.07. The van der Waals surface area contributed by atoms with Crippen LogP contribution in [0.1, 0.15) is 46.5 Å². The lowest BCUT2D eigenvalue weighted by molar-refractivity contribution is -0.137. The van der Waals surface area contributed by atoms with Crippen molar-refractivity contribution in [2.45, 2.75) is 58.5 Å². The van der Waals surface area contributed by atoms with E-state index < -0.39 is 5.97 Å². The van der Waals surface area contributed by atoms with Gasteiger partial charge in [-0.15, -0.1) is 0 Å². The molecular formula is C14H28N2O4. The van der Waals surface area contributed by atoms with Crippen LogP contribution in [0.25, 0.3) is 0 Å². The van der Waals surface area contributed by atoms with E-state index in [4.69, 9.17) is 9.84 Å². The first kappa shape index (κ1) is 18.7. The number of carboxylic acids is 1. The van der Waals surface area contributed by atoms with Crippen molar-refractivity contribution in [1.82, 2.24) is 10.2 Å². The maximum Gasteiger partial charge on any atom is 0.317 e. The summed E-state index contributed by atoms with van der Waals surface area (Å²) in [5, 5.41) is 11.5. The Kier molecular flexibility index (Phi) is 9.80. The minimum Gasteiger partial charge on any atom is -0.481 e. The molecule has 0 aliphatic rings. The third-order valence-electron chi connectivity index (χ3n) is 3.34. The molecule has 0 aliphatic carbocycles. The van der Waals surface area contributed by atoms with Crippen molar-refractivity contribution in [3.05, 3.63) is 0 Å². The van der Waals surface area contributed by atoms with Gasteiger partial charge in [0.2, 0.25) is 0 Å². The van der Waals surface area contributed by atoms with Gasteiger partial charge in [-0.1, -0.05) is 13.8 Å². The quantitative estimate of drug-likeness (QED) is 0.645. The van der Waals surface area contributed by atoms with Gasteiger partial charge in [0.05, 0.1) is 6.61 Å². The van der Waals surface area contributed by atoms with Crippen LogP contribution in [0.5, 0.6) is 0 Å². The van der Waals surface area contributed by atoms with Crippen molar-refractivity contribution in [3.8, 4) is 0 Å². The topological polar surface area (TPSA) is 78.9 Å². The maximum atomic E-state index is 12.3. The number of rotatable bonds is 10. The first-order valence-electron chi connectivity index (χ1n) is 7.24. The van der Waals surface area contributed by atoms with Gasteiger partial charge in [-0.3, -0.25) is 4.79 Å². The van der Waals surface area contributed by atoms with Gasteiger partial charge in [0, 0.05) is 32.2 Å². The summed E-state index contributed by atoms with van der Waals surface area (Å²) in [5.74, 6) is -0.845. The molecule has 0 bridgehead atoms. The summed E-state index contributed by atoms with van der Waals surface area (Å²) >= 11 is 0. The van der Waals surface area contributed by atoms with E-state index in [2.05, 4.69) is 19.2 Å². The van der Waals surface area contributed by atoms with Crippen LogP contribution < -0.4 is 5.32 Å². The number of nitrogens with zero attached hydrogens (tertiary/aromatic N) is 1. The Morgan fingerprint density at radius 1 is 1.30 bits per heavy atom. The second-order valence-electron chi connectivity index (χ2n) is 4.94. The molecule has 0 spiro atoms. The molecule has 118 valence electrons. The van der Waals surface area contributed by atoms with Crippen molar-refractivity contribution in [1.29, 1.82) is 0 Å². The van der Waals surface area contributed by atoms with E-state index in [0.29, 0.717) is 19.6 Å². The fraction of sp³-hybridized carbons (Fsp3) is 0.857. The van der Waals surface area contributed by atoms with E-state index in [1.54, 1.807) is 12.0 Å². The molecule has 0 radical (unpaired) electrons. The molecule has 0 rings (SSSR count). The molecule has 20 heavy (non-hydrogen) atoms. The van der Waals surface area contributed by atoms with E-state index in [0.717, 1.165) is 12.8 Å². The number of hydrogen-bond acceptors (Lipinski definition) is 3. The molecule has 0 fully saturated rings. The molecule has 0 saturated carbocycles. The molecule has 0 aromatic heterocycles. The predicted molar refractivity (Wildman–Crippen MR) is 77.8 cm³/mol. The van der Waals surface area contributed by atoms with Gasteiger partial charge in [0.25, 0.3) is 0 Å². The number of hydrogen-bond donors (Lipinski definition) is 2. The number of carboxylic acid groups (broad SMARTS) is 1. The lowest BCUT2D eigenvalue weighted by Crippen LogP contribution is -2.49. The molecule has 0 aromatic carbocycles. The fourth-order valence-electron chi connectivity index (χ4n) is 2.07. The molecule has 1 unspecified atom stereocenters. The largest absolute Gasteiger partial charge is 0.481 e. The van der Waals surface area contributed by atoms with Crippen LogP contribution in [-0.4, -0.2) is 54.4 Å². The molecule has 2 amide bonds. The van der Waals surface area contributed by atoms with Crippen LogP contribution in [-0.2, 0) is 9.53 Å². The lowest BCUT2D eigenvalue weighted by atomic mass is 10.1. The number of urea groups is 1. The standard InChI is InChI=1S/C14H28N2O4/c1-5-12(6-2)16(9-10-20-4)14(19)15-11(3)7-8-13(17)18/h11-12H,5-10H2,1-4H3,(H,15,19)(H,17,18). The van der Waals surface area contributed by atoms with Crippen LogP contribution in [0.2, 0.25) is 0 Å². The van der Waals surface area contributed by atoms with E-state index >= 15 is 0 Å². The van der Waals surface area contributed by atoms with E-state index in [1.165, 1.54) is 0 Å². The minimum absolute atomic E-state index is 0.0600. The first-order chi connectivity index (χ1) is 9.46. The Hall–Kier alpha value is -1.30. The number of methoxy groups -OCH3 is 1. The Labute approximate surface area is 121 Å². The normalized spacial score (nSPS) is 12.2. The molecule has 0 aliphatic heterocycles. The van der Waals surface area contributed by atoms with Crippen molar-refractivity contribution in [2.24, 2.45) is 0 Å². The highest BCUT2D eigenvalue weighted by Crippen LogP contribution is 2.09. The zero-order chi connectivity index (χ0) is 15.5. The number of nitrogens with one attached hydrogen (secondary N) is 1. The van der Waals surface area contributed by atoms with E-state index in [1.807, 2.05) is 6.92 Å². The average molecular weight is 288 g/mol. The zero-order valence-corrected chi connectivity index (χ0v) is 13.0. The summed E-state index contributed by atoms with van der Waals surface area (Å²) in [6.07, 6.45) is 2.26. The summed E-state index contributed by atoms with van der Waals surface area (Å²) < 4.78 is 5.05. The molecule has 2 N–H and O–H groups in total. The summed E-state index contributed by atoms with van der Waals surface area (Å²) in [4.78, 5) is 24.6. The van der Waals surface area contributed by atoms with Gasteiger partial charge < -0.3 is 20.1 Å². The molecule has 0 heterocycles. The smallest absolute Gasteiger partial charge is 0.317 e. The Balaban J connectivity index is 4.48. The van der Waals surface area contributed by atoms with Crippen LogP contribution >= 0.6 is 0 Å². The average Bonchev–Trinajstić information content (AvgIpc) is 2.41. The predicted octanol–water partition coefficient (Wildman–Crippen LogP) is 2.09. The van der Waals surface area contributed by atoms with Crippen LogP contribution in [0.4, 0.5) is 4.79 Å². The highest BCUT2D eigenvalue weighted by Gasteiger charge is 2.22. The summed E-state index contributed by atoms with van der Waals surface area (Å²) in [7, 11) is 1.61. The number of carbonyl (C=O) groups is 2. The summed E-state index contributed by atoms with van der Waals surface area (Å²) in [6, 6.07) is -0.122. The highest BCUT2D eigenvalue weighted by atomic mass is 16.5. The number of aliphatic carboxylic acids is 1. The van der Waals surface area contributed by atoms with Gasteiger partial charge in [0.1, 0.15) is 0 Å². The third kappa shape index (κ3) is 7.33. The number of ether oxygens (including phenoxy) is 1. The van der Waals surface area contributed by atoms with Crippen LogP contribution in [0, 0.1) is 0 Å². The van der Waals surface area contributed by atoms with Crippen molar-refractivity contribution < 1.29 is 19.4 Å². The Morgan fingerprint density at radius 3 is 2.35 bits per heavy atom. The number of amides is 2. The van der Waals surface area contributed by atoms with Gasteiger partial charge in [-0.05, 0) is 26.2 Å². The Morgan fingerprint density at radius 2 is 1.90 bits per heavy atom. The van der Waals surface area contributed by atoms with Crippen molar-refractivity contribution in [2.75, 3.05) is 20.3 Å². The van der Waals surface area contributed by atoms with Gasteiger partial charge in [0.15, 0.2) is 0 Å². The van der Waals surface area contributed by atoms with Crippen LogP contribution in [0.3, 0.4) is 0 Å². The van der Waals surface area contributed by atoms with E-state index in [9.17, 15) is 9.59 Å². The SMILES string of the molecule is CCC(CC)N(CCOC)C(=O)NC(C)CCC(=O)O. The van der Waals surface area contributed by atoms with Gasteiger partial charge in [-0.25, -0.2) is 4.79 Å². The van der Waals surface area contributed by atoms with Gasteiger partial charge in [-0.2, -0.15) is 0 Å². The number of carbonyl (C=O) groups excluding carboxylic acids is 1. The highest BCUT2D eigenvalue weighted by molar-refractivity contribution is 5.75. The molecule has 6 heteroatoms. The van der Waals surface area contributed by atoms with E-state index in [-0.39, 0.29) is 24.5 Å². The molecule has 6 nitrogen and oxygen atoms in total. The lowest BCUT2D eigenvalue weighted by Gasteiger charge is -2.31. The maximum absolute atomic E-state index is 12.3. The molecule has 0 saturated heterocycles. The van der Waals surface area contributed by atoms with Crippen molar-refractivity contribution >= 4 is 12.0 Å². The molecule has 1 atom stereocenters. The first-order valence-corrected chi connectivity index (χ1v) is 7.24. The zero-order valence-electron chi connectivity index (χ0n) is 13.0. The van der Waals surface area contributed by atoms with Crippen LogP contribution in [0.15, 0.2) is 0 Å². The summed E-state index contributed by atoms with van der Waals surface area (Å²) in [5.41, 5.74) is 0. The second kappa shape index (κ2) is 10.5. The third-order valence-corrected chi connectivity index (χ3v) is 3.34. The molecular weight excluding hydrogens is 260 g/mol. The second-order valence-corrected chi connectivity index (χ2v) is 4.94.